The molecule has 4 heteroatoms. The SMILES string of the molecule is CC(C)CNCC(O)CSc1cccs1. The fourth-order valence-corrected chi connectivity index (χ4v) is 2.86. The maximum Gasteiger partial charge on any atom is 0.0758 e. The second-order valence-corrected chi connectivity index (χ2v) is 6.22. The third-order valence-electron chi connectivity index (χ3n) is 1.85. The van der Waals surface area contributed by atoms with E-state index in [0.717, 1.165) is 12.3 Å². The molecule has 1 atom stereocenters. The maximum absolute atomic E-state index is 9.68. The molecular weight excluding hydrogens is 226 g/mol. The van der Waals surface area contributed by atoms with Gasteiger partial charge in [-0.1, -0.05) is 19.9 Å². The Bertz CT molecular complexity index is 249. The van der Waals surface area contributed by atoms with E-state index in [0.29, 0.717) is 12.5 Å². The van der Waals surface area contributed by atoms with Gasteiger partial charge in [-0.3, -0.25) is 0 Å². The Labute approximate surface area is 100 Å². The Balaban J connectivity index is 2.06. The molecule has 0 saturated carbocycles. The number of rotatable bonds is 7. The van der Waals surface area contributed by atoms with Gasteiger partial charge in [-0.25, -0.2) is 0 Å². The topological polar surface area (TPSA) is 32.3 Å². The minimum Gasteiger partial charge on any atom is -0.391 e. The molecule has 0 aliphatic carbocycles. The molecule has 15 heavy (non-hydrogen) atoms. The summed E-state index contributed by atoms with van der Waals surface area (Å²) >= 11 is 3.45. The van der Waals surface area contributed by atoms with Gasteiger partial charge < -0.3 is 10.4 Å². The molecule has 86 valence electrons. The Morgan fingerprint density at radius 3 is 2.87 bits per heavy atom. The first-order chi connectivity index (χ1) is 7.18. The number of thioether (sulfide) groups is 1. The summed E-state index contributed by atoms with van der Waals surface area (Å²) in [5, 5.41) is 15.0. The maximum atomic E-state index is 9.68. The molecule has 0 aromatic carbocycles. The molecule has 0 fully saturated rings. The van der Waals surface area contributed by atoms with Crippen LogP contribution in [0.5, 0.6) is 0 Å². The van der Waals surface area contributed by atoms with Crippen LogP contribution in [0, 0.1) is 5.92 Å². The van der Waals surface area contributed by atoms with Crippen LogP contribution in [0.2, 0.25) is 0 Å². The molecule has 1 rings (SSSR count). The van der Waals surface area contributed by atoms with Crippen LogP contribution < -0.4 is 5.32 Å². The lowest BCUT2D eigenvalue weighted by atomic mass is 10.2. The molecule has 1 heterocycles. The van der Waals surface area contributed by atoms with Gasteiger partial charge in [0, 0.05) is 12.3 Å². The van der Waals surface area contributed by atoms with Gasteiger partial charge in [0.25, 0.3) is 0 Å². The van der Waals surface area contributed by atoms with Crippen molar-refractivity contribution in [3.05, 3.63) is 17.5 Å². The first-order valence-electron chi connectivity index (χ1n) is 5.23. The lowest BCUT2D eigenvalue weighted by Gasteiger charge is -2.12. The zero-order valence-electron chi connectivity index (χ0n) is 9.27. The average molecular weight is 245 g/mol. The number of aliphatic hydroxyl groups is 1. The quantitative estimate of drug-likeness (QED) is 0.724. The summed E-state index contributed by atoms with van der Waals surface area (Å²) in [7, 11) is 0. The number of hydrogen-bond acceptors (Lipinski definition) is 4. The molecule has 0 aliphatic rings. The highest BCUT2D eigenvalue weighted by atomic mass is 32.2. The molecule has 1 aromatic rings. The van der Waals surface area contributed by atoms with Crippen LogP contribution in [-0.2, 0) is 0 Å². The zero-order chi connectivity index (χ0) is 11.1. The van der Waals surface area contributed by atoms with E-state index in [1.165, 1.54) is 4.21 Å². The second kappa shape index (κ2) is 7.28. The Hall–Kier alpha value is -0.0300. The van der Waals surface area contributed by atoms with E-state index in [1.54, 1.807) is 23.1 Å². The fourth-order valence-electron chi connectivity index (χ4n) is 1.12. The van der Waals surface area contributed by atoms with Gasteiger partial charge in [0.15, 0.2) is 0 Å². The first-order valence-corrected chi connectivity index (χ1v) is 7.10. The highest BCUT2D eigenvalue weighted by Crippen LogP contribution is 2.23. The molecule has 1 aromatic heterocycles. The third kappa shape index (κ3) is 6.20. The lowest BCUT2D eigenvalue weighted by molar-refractivity contribution is 0.194. The van der Waals surface area contributed by atoms with Crippen molar-refractivity contribution < 1.29 is 5.11 Å². The van der Waals surface area contributed by atoms with E-state index in [4.69, 9.17) is 0 Å². The minimum absolute atomic E-state index is 0.254. The van der Waals surface area contributed by atoms with Gasteiger partial charge in [-0.2, -0.15) is 0 Å². The van der Waals surface area contributed by atoms with Gasteiger partial charge in [0.1, 0.15) is 0 Å². The smallest absolute Gasteiger partial charge is 0.0758 e. The van der Waals surface area contributed by atoms with Crippen LogP contribution in [0.3, 0.4) is 0 Å². The third-order valence-corrected chi connectivity index (χ3v) is 4.12. The first kappa shape index (κ1) is 13.0. The predicted molar refractivity (Wildman–Crippen MR) is 68.8 cm³/mol. The zero-order valence-corrected chi connectivity index (χ0v) is 10.9. The van der Waals surface area contributed by atoms with Crippen LogP contribution in [0.4, 0.5) is 0 Å². The van der Waals surface area contributed by atoms with Crippen molar-refractivity contribution in [3.8, 4) is 0 Å². The fraction of sp³-hybridized carbons (Fsp3) is 0.636. The van der Waals surface area contributed by atoms with Gasteiger partial charge in [-0.05, 0) is 23.9 Å². The van der Waals surface area contributed by atoms with Crippen LogP contribution in [0.25, 0.3) is 0 Å². The summed E-state index contributed by atoms with van der Waals surface area (Å²) in [6, 6.07) is 4.12. The van der Waals surface area contributed by atoms with Gasteiger partial charge in [-0.15, -0.1) is 23.1 Å². The van der Waals surface area contributed by atoms with Crippen molar-refractivity contribution in [3.63, 3.8) is 0 Å². The number of hydrogen-bond donors (Lipinski definition) is 2. The second-order valence-electron chi connectivity index (χ2n) is 3.95. The van der Waals surface area contributed by atoms with Gasteiger partial charge in [0.2, 0.25) is 0 Å². The van der Waals surface area contributed by atoms with Crippen molar-refractivity contribution in [1.82, 2.24) is 5.32 Å². The van der Waals surface area contributed by atoms with Crippen molar-refractivity contribution in [2.24, 2.45) is 5.92 Å². The van der Waals surface area contributed by atoms with Crippen LogP contribution >= 0.6 is 23.1 Å². The molecule has 2 N–H and O–H groups in total. The Kier molecular flexibility index (Phi) is 6.32. The van der Waals surface area contributed by atoms with Gasteiger partial charge >= 0.3 is 0 Å². The number of nitrogens with one attached hydrogen (secondary N) is 1. The molecule has 0 saturated heterocycles. The van der Waals surface area contributed by atoms with Crippen molar-refractivity contribution in [1.29, 1.82) is 0 Å². The molecular formula is C11H19NOS2. The van der Waals surface area contributed by atoms with E-state index in [2.05, 4.69) is 30.6 Å². The van der Waals surface area contributed by atoms with E-state index in [-0.39, 0.29) is 6.10 Å². The Morgan fingerprint density at radius 2 is 2.27 bits per heavy atom. The number of thiophene rings is 1. The molecule has 0 spiro atoms. The molecule has 2 nitrogen and oxygen atoms in total. The predicted octanol–water partition coefficient (Wildman–Crippen LogP) is 2.45. The summed E-state index contributed by atoms with van der Waals surface area (Å²) in [4.78, 5) is 0. The monoisotopic (exact) mass is 245 g/mol. The summed E-state index contributed by atoms with van der Waals surface area (Å²) in [5.74, 6) is 1.41. The molecule has 0 amide bonds. The van der Waals surface area contributed by atoms with Crippen LogP contribution in [0.1, 0.15) is 13.8 Å². The van der Waals surface area contributed by atoms with Crippen molar-refractivity contribution >= 4 is 23.1 Å². The summed E-state index contributed by atoms with van der Waals surface area (Å²) < 4.78 is 1.28. The average Bonchev–Trinajstić information content (AvgIpc) is 2.66. The van der Waals surface area contributed by atoms with Crippen LogP contribution in [0.15, 0.2) is 21.7 Å². The molecule has 0 radical (unpaired) electrons. The summed E-state index contributed by atoms with van der Waals surface area (Å²) in [6.07, 6.45) is -0.254. The number of aliphatic hydroxyl groups excluding tert-OH is 1. The van der Waals surface area contributed by atoms with Crippen molar-refractivity contribution in [2.75, 3.05) is 18.8 Å². The summed E-state index contributed by atoms with van der Waals surface area (Å²) in [5.41, 5.74) is 0. The van der Waals surface area contributed by atoms with E-state index >= 15 is 0 Å². The van der Waals surface area contributed by atoms with E-state index < -0.39 is 0 Å². The summed E-state index contributed by atoms with van der Waals surface area (Å²) in [6.45, 7) is 6.00. The highest BCUT2D eigenvalue weighted by molar-refractivity contribution is 8.01. The van der Waals surface area contributed by atoms with E-state index in [1.807, 2.05) is 6.07 Å². The standard InChI is InChI=1S/C11H19NOS2/c1-9(2)6-12-7-10(13)8-15-11-4-3-5-14-11/h3-5,9-10,12-13H,6-8H2,1-2H3. The van der Waals surface area contributed by atoms with Crippen molar-refractivity contribution in [2.45, 2.75) is 24.2 Å². The van der Waals surface area contributed by atoms with Crippen LogP contribution in [-0.4, -0.2) is 30.1 Å². The minimum atomic E-state index is -0.254. The lowest BCUT2D eigenvalue weighted by Crippen LogP contribution is -2.30. The van der Waals surface area contributed by atoms with E-state index in [9.17, 15) is 5.11 Å². The largest absolute Gasteiger partial charge is 0.391 e. The normalized spacial score (nSPS) is 13.3. The van der Waals surface area contributed by atoms with Gasteiger partial charge in [0.05, 0.1) is 10.3 Å². The molecule has 0 bridgehead atoms. The highest BCUT2D eigenvalue weighted by Gasteiger charge is 2.05. The Morgan fingerprint density at radius 1 is 1.47 bits per heavy atom. The molecule has 1 unspecified atom stereocenters. The molecule has 0 aliphatic heterocycles.